The standard InChI is InChI=1S/C25H20Cl2N4O2/c1-17-10-12-18(13-11-17)25-19(15-31(30-25)20-6-3-2-4-7-20)14-28-29-23(32)16-33-22-9-5-8-21(26)24(22)27/h2-15H,16H2,1H3,(H,29,32)/b28-14-. The summed E-state index contributed by atoms with van der Waals surface area (Å²) in [4.78, 5) is 12.2. The van der Waals surface area contributed by atoms with E-state index in [4.69, 9.17) is 33.0 Å². The normalized spacial score (nSPS) is 11.0. The van der Waals surface area contributed by atoms with Gasteiger partial charge in [0.1, 0.15) is 16.5 Å². The Balaban J connectivity index is 1.50. The number of para-hydroxylation sites is 1. The third-order valence-electron chi connectivity index (χ3n) is 4.76. The van der Waals surface area contributed by atoms with E-state index >= 15 is 0 Å². The van der Waals surface area contributed by atoms with Crippen LogP contribution in [0.5, 0.6) is 5.75 Å². The molecule has 0 aliphatic heterocycles. The molecular weight excluding hydrogens is 459 g/mol. The molecule has 0 aliphatic carbocycles. The molecule has 166 valence electrons. The lowest BCUT2D eigenvalue weighted by molar-refractivity contribution is -0.123. The fraction of sp³-hybridized carbons (Fsp3) is 0.0800. The van der Waals surface area contributed by atoms with Crippen LogP contribution >= 0.6 is 23.2 Å². The SMILES string of the molecule is Cc1ccc(-c2nn(-c3ccccc3)cc2/C=N\NC(=O)COc2cccc(Cl)c2Cl)cc1. The molecule has 4 rings (SSSR count). The number of nitrogens with one attached hydrogen (secondary N) is 1. The van der Waals surface area contributed by atoms with Crippen LogP contribution in [-0.2, 0) is 4.79 Å². The van der Waals surface area contributed by atoms with Gasteiger partial charge in [-0.25, -0.2) is 10.1 Å². The number of benzene rings is 3. The quantitative estimate of drug-likeness (QED) is 0.274. The number of nitrogens with zero attached hydrogens (tertiary/aromatic N) is 3. The van der Waals surface area contributed by atoms with Gasteiger partial charge in [-0.15, -0.1) is 0 Å². The summed E-state index contributed by atoms with van der Waals surface area (Å²) >= 11 is 12.0. The first kappa shape index (κ1) is 22.6. The van der Waals surface area contributed by atoms with Crippen molar-refractivity contribution in [1.29, 1.82) is 0 Å². The summed E-state index contributed by atoms with van der Waals surface area (Å²) < 4.78 is 7.21. The summed E-state index contributed by atoms with van der Waals surface area (Å²) in [5.74, 6) is -0.108. The van der Waals surface area contributed by atoms with Crippen LogP contribution < -0.4 is 10.2 Å². The van der Waals surface area contributed by atoms with Gasteiger partial charge in [0.15, 0.2) is 6.61 Å². The van der Waals surface area contributed by atoms with Gasteiger partial charge < -0.3 is 4.74 Å². The summed E-state index contributed by atoms with van der Waals surface area (Å²) in [7, 11) is 0. The highest BCUT2D eigenvalue weighted by atomic mass is 35.5. The highest BCUT2D eigenvalue weighted by Gasteiger charge is 2.12. The molecule has 6 nitrogen and oxygen atoms in total. The Kier molecular flexibility index (Phi) is 7.07. The third-order valence-corrected chi connectivity index (χ3v) is 5.56. The molecular formula is C25H20Cl2N4O2. The first-order chi connectivity index (χ1) is 16.0. The minimum Gasteiger partial charge on any atom is -0.482 e. The summed E-state index contributed by atoms with van der Waals surface area (Å²) in [5, 5.41) is 9.43. The van der Waals surface area contributed by atoms with Crippen LogP contribution in [0.1, 0.15) is 11.1 Å². The monoisotopic (exact) mass is 478 g/mol. The molecule has 0 radical (unpaired) electrons. The van der Waals surface area contributed by atoms with Crippen molar-refractivity contribution in [2.75, 3.05) is 6.61 Å². The summed E-state index contributed by atoms with van der Waals surface area (Å²) in [6, 6.07) is 22.8. The number of halogens is 2. The van der Waals surface area contributed by atoms with Crippen molar-refractivity contribution in [3.05, 3.63) is 100 Å². The van der Waals surface area contributed by atoms with Gasteiger partial charge in [-0.1, -0.05) is 77.3 Å². The van der Waals surface area contributed by atoms with Gasteiger partial charge in [0.05, 0.1) is 16.9 Å². The Hall–Kier alpha value is -3.61. The zero-order chi connectivity index (χ0) is 23.2. The first-order valence-corrected chi connectivity index (χ1v) is 10.9. The molecule has 1 N–H and O–H groups in total. The minimum atomic E-state index is -0.436. The molecule has 3 aromatic carbocycles. The van der Waals surface area contributed by atoms with E-state index in [1.165, 1.54) is 0 Å². The van der Waals surface area contributed by atoms with Crippen LogP contribution in [0.2, 0.25) is 10.0 Å². The van der Waals surface area contributed by atoms with E-state index in [1.54, 1.807) is 29.1 Å². The molecule has 0 saturated carbocycles. The molecule has 1 amide bonds. The molecule has 33 heavy (non-hydrogen) atoms. The van der Waals surface area contributed by atoms with Gasteiger partial charge in [0.2, 0.25) is 0 Å². The highest BCUT2D eigenvalue weighted by molar-refractivity contribution is 6.42. The van der Waals surface area contributed by atoms with Crippen molar-refractivity contribution in [3.8, 4) is 22.7 Å². The lowest BCUT2D eigenvalue weighted by Crippen LogP contribution is -2.24. The second-order valence-corrected chi connectivity index (χ2v) is 8.00. The van der Waals surface area contributed by atoms with Crippen molar-refractivity contribution >= 4 is 35.3 Å². The molecule has 0 spiro atoms. The largest absolute Gasteiger partial charge is 0.482 e. The second kappa shape index (κ2) is 10.3. The van der Waals surface area contributed by atoms with Crippen molar-refractivity contribution in [1.82, 2.24) is 15.2 Å². The van der Waals surface area contributed by atoms with Crippen LogP contribution in [0.15, 0.2) is 84.1 Å². The van der Waals surface area contributed by atoms with E-state index in [0.717, 1.165) is 28.1 Å². The number of carbonyl (C=O) groups excluding carboxylic acids is 1. The zero-order valence-electron chi connectivity index (χ0n) is 17.7. The molecule has 8 heteroatoms. The number of rotatable bonds is 7. The van der Waals surface area contributed by atoms with Gasteiger partial charge in [0, 0.05) is 17.3 Å². The molecule has 0 saturated heterocycles. The van der Waals surface area contributed by atoms with Crippen LogP contribution in [0, 0.1) is 6.92 Å². The van der Waals surface area contributed by atoms with Crippen molar-refractivity contribution in [2.45, 2.75) is 6.92 Å². The third kappa shape index (κ3) is 5.61. The molecule has 0 atom stereocenters. The van der Waals surface area contributed by atoms with Crippen LogP contribution in [0.3, 0.4) is 0 Å². The van der Waals surface area contributed by atoms with Gasteiger partial charge in [0.25, 0.3) is 5.91 Å². The van der Waals surface area contributed by atoms with Crippen LogP contribution in [-0.4, -0.2) is 28.5 Å². The van der Waals surface area contributed by atoms with Gasteiger partial charge in [-0.05, 0) is 31.2 Å². The lowest BCUT2D eigenvalue weighted by atomic mass is 10.1. The number of aryl methyl sites for hydroxylation is 1. The summed E-state index contributed by atoms with van der Waals surface area (Å²) in [6.45, 7) is 1.77. The smallest absolute Gasteiger partial charge is 0.277 e. The predicted octanol–water partition coefficient (Wildman–Crippen LogP) is 5.68. The molecule has 0 aliphatic rings. The van der Waals surface area contributed by atoms with E-state index < -0.39 is 5.91 Å². The Morgan fingerprint density at radius 3 is 2.58 bits per heavy atom. The molecule has 1 aromatic heterocycles. The number of aromatic nitrogens is 2. The van der Waals surface area contributed by atoms with Crippen molar-refractivity contribution in [2.24, 2.45) is 5.10 Å². The second-order valence-electron chi connectivity index (χ2n) is 7.21. The maximum atomic E-state index is 12.2. The predicted molar refractivity (Wildman–Crippen MR) is 131 cm³/mol. The van der Waals surface area contributed by atoms with Crippen molar-refractivity contribution in [3.63, 3.8) is 0 Å². The van der Waals surface area contributed by atoms with Crippen molar-refractivity contribution < 1.29 is 9.53 Å². The highest BCUT2D eigenvalue weighted by Crippen LogP contribution is 2.31. The van der Waals surface area contributed by atoms with E-state index in [9.17, 15) is 4.79 Å². The Bertz CT molecular complexity index is 1290. The van der Waals surface area contributed by atoms with Gasteiger partial charge in [-0.2, -0.15) is 10.2 Å². The van der Waals surface area contributed by atoms with Gasteiger partial charge >= 0.3 is 0 Å². The number of carbonyl (C=O) groups is 1. The average Bonchev–Trinajstić information content (AvgIpc) is 3.25. The fourth-order valence-electron chi connectivity index (χ4n) is 3.08. The molecule has 0 fully saturated rings. The molecule has 0 unspecified atom stereocenters. The molecule has 1 heterocycles. The first-order valence-electron chi connectivity index (χ1n) is 10.1. The topological polar surface area (TPSA) is 68.5 Å². The zero-order valence-corrected chi connectivity index (χ0v) is 19.2. The Morgan fingerprint density at radius 2 is 1.82 bits per heavy atom. The Morgan fingerprint density at radius 1 is 1.06 bits per heavy atom. The number of amides is 1. The van der Waals surface area contributed by atoms with E-state index in [2.05, 4.69) is 10.5 Å². The summed E-state index contributed by atoms with van der Waals surface area (Å²) in [5.41, 5.74) is 6.99. The Labute approximate surface area is 201 Å². The maximum Gasteiger partial charge on any atom is 0.277 e. The fourth-order valence-corrected chi connectivity index (χ4v) is 3.42. The van der Waals surface area contributed by atoms with Gasteiger partial charge in [-0.3, -0.25) is 4.79 Å². The summed E-state index contributed by atoms with van der Waals surface area (Å²) in [6.07, 6.45) is 3.42. The van der Waals surface area contributed by atoms with E-state index in [1.807, 2.05) is 67.7 Å². The maximum absolute atomic E-state index is 12.2. The molecule has 4 aromatic rings. The number of ether oxygens (including phenoxy) is 1. The van der Waals surface area contributed by atoms with Crippen LogP contribution in [0.4, 0.5) is 0 Å². The molecule has 0 bridgehead atoms. The van der Waals surface area contributed by atoms with Crippen LogP contribution in [0.25, 0.3) is 16.9 Å². The minimum absolute atomic E-state index is 0.256. The number of hydrogen-bond donors (Lipinski definition) is 1. The number of hydrazone groups is 1. The lowest BCUT2D eigenvalue weighted by Gasteiger charge is -2.07. The van der Waals surface area contributed by atoms with E-state index in [0.29, 0.717) is 10.8 Å². The van der Waals surface area contributed by atoms with E-state index in [-0.39, 0.29) is 11.6 Å². The average molecular weight is 479 g/mol. The number of hydrogen-bond acceptors (Lipinski definition) is 4.